The van der Waals surface area contributed by atoms with Crippen molar-refractivity contribution in [1.82, 2.24) is 30.2 Å². The molecule has 0 spiro atoms. The van der Waals surface area contributed by atoms with Gasteiger partial charge in [-0.2, -0.15) is 4.99 Å². The molecule has 1 aliphatic heterocycles. The third-order valence-electron chi connectivity index (χ3n) is 4.41. The van der Waals surface area contributed by atoms with Crippen molar-refractivity contribution in [2.45, 2.75) is 13.8 Å². The number of aryl methyl sites for hydroxylation is 2. The van der Waals surface area contributed by atoms with E-state index in [2.05, 4.69) is 45.4 Å². The van der Waals surface area contributed by atoms with Crippen molar-refractivity contribution in [3.05, 3.63) is 35.9 Å². The molecule has 30 heavy (non-hydrogen) atoms. The van der Waals surface area contributed by atoms with Crippen molar-refractivity contribution in [2.24, 2.45) is 4.99 Å². The Balaban J connectivity index is 1.73. The number of thiocarbonyl (C=S) groups is 1. The Morgan fingerprint density at radius 3 is 2.43 bits per heavy atom. The van der Waals surface area contributed by atoms with Gasteiger partial charge < -0.3 is 19.9 Å². The highest BCUT2D eigenvalue weighted by Crippen LogP contribution is 2.12. The van der Waals surface area contributed by atoms with Gasteiger partial charge in [-0.1, -0.05) is 0 Å². The summed E-state index contributed by atoms with van der Waals surface area (Å²) < 4.78 is 5.06. The Morgan fingerprint density at radius 2 is 1.80 bits per heavy atom. The van der Waals surface area contributed by atoms with Crippen LogP contribution < -0.4 is 15.5 Å². The monoisotopic (exact) mass is 429 g/mol. The van der Waals surface area contributed by atoms with Gasteiger partial charge in [-0.25, -0.2) is 19.9 Å². The number of aliphatic imine (C=N–C) groups is 1. The molecule has 3 heterocycles. The number of hydrogen-bond donors (Lipinski definition) is 2. The lowest BCUT2D eigenvalue weighted by atomic mass is 10.3. The van der Waals surface area contributed by atoms with Gasteiger partial charge in [-0.15, -0.1) is 0 Å². The topological polar surface area (TPSA) is 104 Å². The van der Waals surface area contributed by atoms with Crippen LogP contribution in [0, 0.1) is 13.8 Å². The Bertz CT molecular complexity index is 849. The van der Waals surface area contributed by atoms with Gasteiger partial charge in [0.1, 0.15) is 0 Å². The van der Waals surface area contributed by atoms with Crippen LogP contribution in [0.25, 0.3) is 0 Å². The average Bonchev–Trinajstić information content (AvgIpc) is 2.73. The van der Waals surface area contributed by atoms with E-state index in [0.717, 1.165) is 43.5 Å². The second-order valence-electron chi connectivity index (χ2n) is 6.78. The largest absolute Gasteiger partial charge is 0.383 e. The van der Waals surface area contributed by atoms with Crippen LogP contribution in [0.4, 0.5) is 11.9 Å². The normalized spacial score (nSPS) is 14.6. The van der Waals surface area contributed by atoms with Crippen molar-refractivity contribution in [3.8, 4) is 0 Å². The summed E-state index contributed by atoms with van der Waals surface area (Å²) in [6.45, 7) is 8.01. The maximum absolute atomic E-state index is 5.39. The Morgan fingerprint density at radius 1 is 1.13 bits per heavy atom. The molecule has 0 aliphatic carbocycles. The summed E-state index contributed by atoms with van der Waals surface area (Å²) in [7, 11) is 1.65. The third-order valence-corrected chi connectivity index (χ3v) is 4.65. The molecular formula is C19H27N9OS. The molecule has 0 bridgehead atoms. The predicted molar refractivity (Wildman–Crippen MR) is 121 cm³/mol. The molecule has 0 atom stereocenters. The van der Waals surface area contributed by atoms with Crippen LogP contribution >= 0.6 is 12.2 Å². The maximum Gasteiger partial charge on any atom is 0.229 e. The predicted octanol–water partition coefficient (Wildman–Crippen LogP) is 0.994. The Labute approximate surface area is 181 Å². The van der Waals surface area contributed by atoms with Gasteiger partial charge in [0.2, 0.25) is 17.9 Å². The molecule has 0 unspecified atom stereocenters. The van der Waals surface area contributed by atoms with E-state index in [-0.39, 0.29) is 0 Å². The fourth-order valence-corrected chi connectivity index (χ4v) is 3.22. The summed E-state index contributed by atoms with van der Waals surface area (Å²) in [5.74, 6) is 1.85. The first-order valence-corrected chi connectivity index (χ1v) is 10.2. The molecule has 2 aromatic heterocycles. The van der Waals surface area contributed by atoms with Crippen molar-refractivity contribution in [3.63, 3.8) is 0 Å². The smallest absolute Gasteiger partial charge is 0.229 e. The van der Waals surface area contributed by atoms with E-state index in [0.29, 0.717) is 30.2 Å². The molecular weight excluding hydrogens is 402 g/mol. The van der Waals surface area contributed by atoms with Crippen LogP contribution in [-0.4, -0.2) is 82.3 Å². The summed E-state index contributed by atoms with van der Waals surface area (Å²) in [5, 5.41) is 6.71. The molecule has 0 amide bonds. The van der Waals surface area contributed by atoms with Crippen molar-refractivity contribution in [1.29, 1.82) is 0 Å². The molecule has 0 saturated carbocycles. The van der Waals surface area contributed by atoms with Crippen LogP contribution in [0.2, 0.25) is 0 Å². The van der Waals surface area contributed by atoms with Crippen molar-refractivity contribution < 1.29 is 4.74 Å². The third kappa shape index (κ3) is 6.29. The molecule has 2 N–H and O–H groups in total. The number of hydrogen-bond acceptors (Lipinski definition) is 7. The van der Waals surface area contributed by atoms with E-state index in [4.69, 9.17) is 17.0 Å². The van der Waals surface area contributed by atoms with Crippen LogP contribution in [0.1, 0.15) is 11.4 Å². The number of aromatic nitrogens is 4. The summed E-state index contributed by atoms with van der Waals surface area (Å²) in [6.07, 6.45) is 3.51. The number of piperazine rings is 1. The lowest BCUT2D eigenvalue weighted by Crippen LogP contribution is -2.51. The molecule has 1 aliphatic rings. The summed E-state index contributed by atoms with van der Waals surface area (Å²) >= 11 is 5.39. The SMILES string of the molecule is COCCNC(=S)/N=C(/Nc1nc(C)cc(C)n1)N1CCN(c2ncccn2)CC1. The van der Waals surface area contributed by atoms with Crippen LogP contribution in [0.5, 0.6) is 0 Å². The second-order valence-corrected chi connectivity index (χ2v) is 7.17. The highest BCUT2D eigenvalue weighted by molar-refractivity contribution is 7.80. The zero-order valence-electron chi connectivity index (χ0n) is 17.5. The quantitative estimate of drug-likeness (QED) is 0.309. The lowest BCUT2D eigenvalue weighted by molar-refractivity contribution is 0.204. The minimum absolute atomic E-state index is 0.382. The average molecular weight is 430 g/mol. The molecule has 3 rings (SSSR count). The molecule has 1 saturated heterocycles. The van der Waals surface area contributed by atoms with Gasteiger partial charge in [-0.3, -0.25) is 5.32 Å². The molecule has 10 nitrogen and oxygen atoms in total. The fourth-order valence-electron chi connectivity index (χ4n) is 3.03. The Hall–Kier alpha value is -2.92. The maximum atomic E-state index is 5.39. The molecule has 11 heteroatoms. The highest BCUT2D eigenvalue weighted by atomic mass is 32.1. The van der Waals surface area contributed by atoms with Crippen molar-refractivity contribution in [2.75, 3.05) is 56.7 Å². The summed E-state index contributed by atoms with van der Waals surface area (Å²) in [4.78, 5) is 26.5. The van der Waals surface area contributed by atoms with Gasteiger partial charge >= 0.3 is 0 Å². The number of anilines is 2. The first-order valence-electron chi connectivity index (χ1n) is 9.77. The first kappa shape index (κ1) is 21.8. The van der Waals surface area contributed by atoms with Gasteiger partial charge in [-0.05, 0) is 38.2 Å². The number of nitrogens with zero attached hydrogens (tertiary/aromatic N) is 7. The number of rotatable bonds is 5. The standard InChI is InChI=1S/C19H27N9OS/c1-14-13-15(2)24-16(23-14)25-18(26-19(30)22-7-12-29-3)28-10-8-27(9-11-28)17-20-5-4-6-21-17/h4-6,13H,7-12H2,1-3H3,(H2,22,23,24,25,26,30). The summed E-state index contributed by atoms with van der Waals surface area (Å²) in [5.41, 5.74) is 1.77. The first-order chi connectivity index (χ1) is 14.5. The second kappa shape index (κ2) is 10.7. The van der Waals surface area contributed by atoms with Crippen LogP contribution in [-0.2, 0) is 4.74 Å². The molecule has 1 fully saturated rings. The zero-order chi connectivity index (χ0) is 21.3. The van der Waals surface area contributed by atoms with E-state index in [1.165, 1.54) is 0 Å². The fraction of sp³-hybridized carbons (Fsp3) is 0.474. The molecule has 160 valence electrons. The molecule has 0 radical (unpaired) electrons. The number of guanidine groups is 1. The number of ether oxygens (including phenoxy) is 1. The highest BCUT2D eigenvalue weighted by Gasteiger charge is 2.22. The molecule has 0 aromatic carbocycles. The van der Waals surface area contributed by atoms with Crippen LogP contribution in [0.3, 0.4) is 0 Å². The molecule has 2 aromatic rings. The van der Waals surface area contributed by atoms with E-state index in [1.807, 2.05) is 26.0 Å². The Kier molecular flexibility index (Phi) is 7.80. The van der Waals surface area contributed by atoms with Crippen LogP contribution in [0.15, 0.2) is 29.5 Å². The van der Waals surface area contributed by atoms with Crippen molar-refractivity contribution >= 4 is 35.2 Å². The number of methoxy groups -OCH3 is 1. The van der Waals surface area contributed by atoms with Gasteiger partial charge in [0.15, 0.2) is 5.11 Å². The van der Waals surface area contributed by atoms with Gasteiger partial charge in [0, 0.05) is 63.6 Å². The van der Waals surface area contributed by atoms with E-state index in [9.17, 15) is 0 Å². The van der Waals surface area contributed by atoms with E-state index in [1.54, 1.807) is 19.5 Å². The minimum atomic E-state index is 0.382. The van der Waals surface area contributed by atoms with Gasteiger partial charge in [0.05, 0.1) is 6.61 Å². The van der Waals surface area contributed by atoms with Gasteiger partial charge in [0.25, 0.3) is 0 Å². The summed E-state index contributed by atoms with van der Waals surface area (Å²) in [6, 6.07) is 3.74. The van der Waals surface area contributed by atoms with E-state index < -0.39 is 0 Å². The van der Waals surface area contributed by atoms with E-state index >= 15 is 0 Å². The minimum Gasteiger partial charge on any atom is -0.383 e. The lowest BCUT2D eigenvalue weighted by Gasteiger charge is -2.36. The number of nitrogens with one attached hydrogen (secondary N) is 2. The zero-order valence-corrected chi connectivity index (χ0v) is 18.3.